The van der Waals surface area contributed by atoms with Crippen molar-refractivity contribution in [3.8, 4) is 0 Å². The number of aryl methyl sites for hydroxylation is 1. The van der Waals surface area contributed by atoms with Crippen molar-refractivity contribution in [3.63, 3.8) is 0 Å². The molecule has 0 bridgehead atoms. The lowest BCUT2D eigenvalue weighted by Crippen LogP contribution is -2.33. The van der Waals surface area contributed by atoms with E-state index in [-0.39, 0.29) is 17.4 Å². The van der Waals surface area contributed by atoms with Gasteiger partial charge in [-0.15, -0.1) is 0 Å². The highest BCUT2D eigenvalue weighted by Gasteiger charge is 2.15. The topological polar surface area (TPSA) is 72.2 Å². The maximum absolute atomic E-state index is 11.9. The highest BCUT2D eigenvalue weighted by Crippen LogP contribution is 2.10. The van der Waals surface area contributed by atoms with E-state index >= 15 is 0 Å². The number of nitrogens with two attached hydrogens (primary N) is 1. The van der Waals surface area contributed by atoms with E-state index in [2.05, 4.69) is 4.72 Å². The molecule has 17 heavy (non-hydrogen) atoms. The Bertz CT molecular complexity index is 512. The SMILES string of the molecule is Cc1cccc(S(=O)(=O)NCC(C)C(N)=S)c1. The zero-order valence-electron chi connectivity index (χ0n) is 9.80. The van der Waals surface area contributed by atoms with Gasteiger partial charge in [0, 0.05) is 12.5 Å². The van der Waals surface area contributed by atoms with Crippen molar-refractivity contribution in [2.45, 2.75) is 18.7 Å². The lowest BCUT2D eigenvalue weighted by atomic mass is 10.2. The second-order valence-corrected chi connectivity index (χ2v) is 6.21. The summed E-state index contributed by atoms with van der Waals surface area (Å²) >= 11 is 4.79. The third-order valence-corrected chi connectivity index (χ3v) is 4.19. The monoisotopic (exact) mass is 272 g/mol. The molecular formula is C11H16N2O2S2. The average Bonchev–Trinajstić information content (AvgIpc) is 2.26. The first-order chi connectivity index (χ1) is 7.83. The van der Waals surface area contributed by atoms with Crippen molar-refractivity contribution in [1.29, 1.82) is 0 Å². The Labute approximate surface area is 107 Å². The van der Waals surface area contributed by atoms with E-state index in [9.17, 15) is 8.42 Å². The normalized spacial score (nSPS) is 13.3. The highest BCUT2D eigenvalue weighted by atomic mass is 32.2. The van der Waals surface area contributed by atoms with Gasteiger partial charge in [0.1, 0.15) is 0 Å². The van der Waals surface area contributed by atoms with Crippen LogP contribution in [-0.2, 0) is 10.0 Å². The maximum atomic E-state index is 11.9. The van der Waals surface area contributed by atoms with E-state index in [0.29, 0.717) is 4.99 Å². The van der Waals surface area contributed by atoms with Crippen molar-refractivity contribution in [3.05, 3.63) is 29.8 Å². The predicted molar refractivity (Wildman–Crippen MR) is 72.3 cm³/mol. The van der Waals surface area contributed by atoms with E-state index in [0.717, 1.165) is 5.56 Å². The van der Waals surface area contributed by atoms with Crippen LogP contribution in [0.1, 0.15) is 12.5 Å². The van der Waals surface area contributed by atoms with Gasteiger partial charge in [-0.3, -0.25) is 0 Å². The Balaban J connectivity index is 2.79. The Hall–Kier alpha value is -0.980. The molecule has 1 aromatic rings. The van der Waals surface area contributed by atoms with Crippen LogP contribution in [0.3, 0.4) is 0 Å². The van der Waals surface area contributed by atoms with Crippen molar-refractivity contribution >= 4 is 27.2 Å². The van der Waals surface area contributed by atoms with Gasteiger partial charge in [-0.25, -0.2) is 13.1 Å². The van der Waals surface area contributed by atoms with Gasteiger partial charge < -0.3 is 5.73 Å². The Morgan fingerprint density at radius 2 is 2.18 bits per heavy atom. The Kier molecular flexibility index (Phi) is 4.62. The van der Waals surface area contributed by atoms with Crippen molar-refractivity contribution < 1.29 is 8.42 Å². The molecule has 0 saturated heterocycles. The van der Waals surface area contributed by atoms with Gasteiger partial charge in [-0.2, -0.15) is 0 Å². The van der Waals surface area contributed by atoms with E-state index in [1.165, 1.54) is 0 Å². The van der Waals surface area contributed by atoms with Crippen molar-refractivity contribution in [2.24, 2.45) is 11.7 Å². The van der Waals surface area contributed by atoms with Gasteiger partial charge in [0.05, 0.1) is 9.88 Å². The van der Waals surface area contributed by atoms with Crippen LogP contribution in [-0.4, -0.2) is 20.0 Å². The van der Waals surface area contributed by atoms with E-state index in [4.69, 9.17) is 18.0 Å². The van der Waals surface area contributed by atoms with Crippen LogP contribution in [0.25, 0.3) is 0 Å². The zero-order chi connectivity index (χ0) is 13.1. The summed E-state index contributed by atoms with van der Waals surface area (Å²) in [6, 6.07) is 6.73. The molecular weight excluding hydrogens is 256 g/mol. The molecule has 1 aromatic carbocycles. The number of hydrogen-bond donors (Lipinski definition) is 2. The summed E-state index contributed by atoms with van der Waals surface area (Å²) in [5.74, 6) is -0.162. The first-order valence-corrected chi connectivity index (χ1v) is 7.07. The molecule has 0 saturated carbocycles. The van der Waals surface area contributed by atoms with Gasteiger partial charge in [0.15, 0.2) is 0 Å². The first kappa shape index (κ1) is 14.1. The third-order valence-electron chi connectivity index (χ3n) is 2.37. The van der Waals surface area contributed by atoms with Crippen LogP contribution < -0.4 is 10.5 Å². The minimum Gasteiger partial charge on any atom is -0.393 e. The molecule has 0 heterocycles. The molecule has 0 aliphatic heterocycles. The fourth-order valence-corrected chi connectivity index (χ4v) is 2.52. The summed E-state index contributed by atoms with van der Waals surface area (Å²) in [7, 11) is -3.48. The number of sulfonamides is 1. The quantitative estimate of drug-likeness (QED) is 0.790. The van der Waals surface area contributed by atoms with Crippen LogP contribution in [0, 0.1) is 12.8 Å². The molecule has 0 aliphatic carbocycles. The standard InChI is InChI=1S/C11H16N2O2S2/c1-8-4-3-5-10(6-8)17(14,15)13-7-9(2)11(12)16/h3-6,9,13H,7H2,1-2H3,(H2,12,16). The second-order valence-electron chi connectivity index (χ2n) is 3.97. The molecule has 1 atom stereocenters. The molecule has 3 N–H and O–H groups in total. The van der Waals surface area contributed by atoms with Crippen molar-refractivity contribution in [1.82, 2.24) is 4.72 Å². The van der Waals surface area contributed by atoms with Gasteiger partial charge in [0.2, 0.25) is 10.0 Å². The molecule has 0 radical (unpaired) electrons. The fraction of sp³-hybridized carbons (Fsp3) is 0.364. The lowest BCUT2D eigenvalue weighted by molar-refractivity contribution is 0.575. The van der Waals surface area contributed by atoms with E-state index in [1.807, 2.05) is 13.0 Å². The molecule has 4 nitrogen and oxygen atoms in total. The summed E-state index contributed by atoms with van der Waals surface area (Å²) in [5.41, 5.74) is 6.32. The fourth-order valence-electron chi connectivity index (χ4n) is 1.20. The Morgan fingerprint density at radius 1 is 1.53 bits per heavy atom. The number of benzene rings is 1. The van der Waals surface area contributed by atoms with Crippen LogP contribution in [0.2, 0.25) is 0 Å². The van der Waals surface area contributed by atoms with Gasteiger partial charge in [0.25, 0.3) is 0 Å². The van der Waals surface area contributed by atoms with Gasteiger partial charge in [-0.05, 0) is 24.6 Å². The van der Waals surface area contributed by atoms with Crippen LogP contribution in [0.5, 0.6) is 0 Å². The summed E-state index contributed by atoms with van der Waals surface area (Å²) < 4.78 is 26.3. The molecule has 0 aliphatic rings. The predicted octanol–water partition coefficient (Wildman–Crippen LogP) is 1.20. The highest BCUT2D eigenvalue weighted by molar-refractivity contribution is 7.89. The smallest absolute Gasteiger partial charge is 0.240 e. The molecule has 1 rings (SSSR count). The molecule has 0 spiro atoms. The summed E-state index contributed by atoms with van der Waals surface area (Å²) in [5, 5.41) is 0. The maximum Gasteiger partial charge on any atom is 0.240 e. The minimum absolute atomic E-state index is 0.162. The first-order valence-electron chi connectivity index (χ1n) is 5.18. The Morgan fingerprint density at radius 3 is 2.71 bits per heavy atom. The lowest BCUT2D eigenvalue weighted by Gasteiger charge is -2.11. The average molecular weight is 272 g/mol. The summed E-state index contributed by atoms with van der Waals surface area (Å²) in [4.78, 5) is 0.560. The molecule has 0 fully saturated rings. The van der Waals surface area contributed by atoms with Crippen LogP contribution >= 0.6 is 12.2 Å². The van der Waals surface area contributed by atoms with Gasteiger partial charge in [-0.1, -0.05) is 31.3 Å². The molecule has 0 amide bonds. The molecule has 6 heteroatoms. The minimum atomic E-state index is -3.48. The number of hydrogen-bond acceptors (Lipinski definition) is 3. The largest absolute Gasteiger partial charge is 0.393 e. The van der Waals surface area contributed by atoms with E-state index in [1.54, 1.807) is 25.1 Å². The second kappa shape index (κ2) is 5.57. The van der Waals surface area contributed by atoms with Crippen LogP contribution in [0.4, 0.5) is 0 Å². The van der Waals surface area contributed by atoms with Gasteiger partial charge >= 0.3 is 0 Å². The van der Waals surface area contributed by atoms with E-state index < -0.39 is 10.0 Å². The number of nitrogens with one attached hydrogen (secondary N) is 1. The molecule has 1 unspecified atom stereocenters. The third kappa shape index (κ3) is 4.07. The number of rotatable bonds is 5. The summed E-state index contributed by atoms with van der Waals surface area (Å²) in [6.45, 7) is 3.84. The van der Waals surface area contributed by atoms with Crippen molar-refractivity contribution in [2.75, 3.05) is 6.54 Å². The van der Waals surface area contributed by atoms with Crippen LogP contribution in [0.15, 0.2) is 29.2 Å². The zero-order valence-corrected chi connectivity index (χ0v) is 11.4. The number of thiocarbonyl (C=S) groups is 1. The molecule has 94 valence electrons. The summed E-state index contributed by atoms with van der Waals surface area (Å²) in [6.07, 6.45) is 0. The molecule has 0 aromatic heterocycles.